The van der Waals surface area contributed by atoms with E-state index in [4.69, 9.17) is 0 Å². The van der Waals surface area contributed by atoms with Crippen LogP contribution in [-0.4, -0.2) is 8.80 Å². The summed E-state index contributed by atoms with van der Waals surface area (Å²) in [6.45, 7) is 9.26. The fourth-order valence-corrected chi connectivity index (χ4v) is 11.1. The van der Waals surface area contributed by atoms with Crippen LogP contribution in [0.15, 0.2) is 194 Å². The first-order chi connectivity index (χ1) is 30.3. The number of hydrogen-bond donors (Lipinski definition) is 0. The fourth-order valence-electron chi connectivity index (χ4n) is 11.1. The van der Waals surface area contributed by atoms with Gasteiger partial charge in [-0.25, -0.2) is 0 Å². The molecule has 13 aromatic rings. The highest BCUT2D eigenvalue weighted by atomic mass is 14.9. The number of hydrogen-bond acceptors (Lipinski definition) is 0. The molecule has 2 nitrogen and oxygen atoms in total. The van der Waals surface area contributed by atoms with Gasteiger partial charge in [-0.2, -0.15) is 0 Å². The fraction of sp³-hybridized carbons (Fsp3) is 0.100. The van der Waals surface area contributed by atoms with Crippen molar-refractivity contribution < 1.29 is 0 Å². The van der Waals surface area contributed by atoms with Crippen LogP contribution in [0.3, 0.4) is 0 Å². The zero-order valence-corrected chi connectivity index (χ0v) is 35.4. The van der Waals surface area contributed by atoms with Gasteiger partial charge < -0.3 is 8.80 Å². The van der Waals surface area contributed by atoms with Gasteiger partial charge >= 0.3 is 0 Å². The molecule has 0 aliphatic heterocycles. The Kier molecular flexibility index (Phi) is 7.16. The molecule has 4 aromatic heterocycles. The maximum absolute atomic E-state index is 2.57. The van der Waals surface area contributed by atoms with Gasteiger partial charge in [0, 0.05) is 53.9 Å². The molecule has 13 rings (SSSR count). The third-order valence-electron chi connectivity index (χ3n) is 14.6. The smallest absolute Gasteiger partial charge is 0.0634 e. The lowest BCUT2D eigenvalue weighted by Gasteiger charge is -2.26. The largest absolute Gasteiger partial charge is 0.308 e. The van der Waals surface area contributed by atoms with E-state index in [0.29, 0.717) is 0 Å². The summed E-state index contributed by atoms with van der Waals surface area (Å²) >= 11 is 0. The molecule has 0 atom stereocenters. The van der Waals surface area contributed by atoms with E-state index < -0.39 is 0 Å². The number of aromatic nitrogens is 2. The molecular weight excluding hydrogens is 749 g/mol. The SMILES string of the molecule is CC(C)(c1ccccc1)c1ccc(-c2ccc3c4c5c6ccccc6n6c7cc(-c8ccc(C(C)(C)c9ccccc9)cc8)ccc7c(c7c8ccccc8n(c3c2)c74)c56)cc1. The van der Waals surface area contributed by atoms with Crippen LogP contribution in [0.2, 0.25) is 0 Å². The van der Waals surface area contributed by atoms with Crippen LogP contribution in [0.25, 0.3) is 98.4 Å². The second kappa shape index (κ2) is 12.6. The molecule has 0 bridgehead atoms. The number of fused-ring (bicyclic) bond motifs is 14. The number of benzene rings is 9. The van der Waals surface area contributed by atoms with Crippen molar-refractivity contribution in [3.63, 3.8) is 0 Å². The Hall–Kier alpha value is -7.42. The summed E-state index contributed by atoms with van der Waals surface area (Å²) in [4.78, 5) is 0. The van der Waals surface area contributed by atoms with Crippen LogP contribution in [0, 0.1) is 0 Å². The molecule has 0 aliphatic rings. The molecular formula is C60H44N2. The van der Waals surface area contributed by atoms with E-state index in [0.717, 1.165) is 0 Å². The molecule has 0 fully saturated rings. The van der Waals surface area contributed by atoms with Gasteiger partial charge in [-0.15, -0.1) is 0 Å². The number of nitrogens with zero attached hydrogens (tertiary/aromatic N) is 2. The average molecular weight is 793 g/mol. The van der Waals surface area contributed by atoms with Crippen LogP contribution in [0.4, 0.5) is 0 Å². The normalized spacial score (nSPS) is 12.8. The zero-order valence-electron chi connectivity index (χ0n) is 35.4. The maximum atomic E-state index is 2.57. The first-order valence-corrected chi connectivity index (χ1v) is 21.9. The lowest BCUT2D eigenvalue weighted by atomic mass is 9.78. The summed E-state index contributed by atoms with van der Waals surface area (Å²) in [5.41, 5.74) is 17.7. The van der Waals surface area contributed by atoms with Crippen molar-refractivity contribution in [3.8, 4) is 22.3 Å². The van der Waals surface area contributed by atoms with Crippen LogP contribution in [0.5, 0.6) is 0 Å². The first kappa shape index (κ1) is 35.3. The lowest BCUT2D eigenvalue weighted by molar-refractivity contribution is 0.641. The van der Waals surface area contributed by atoms with Gasteiger partial charge in [-0.3, -0.25) is 0 Å². The van der Waals surface area contributed by atoms with Crippen molar-refractivity contribution in [3.05, 3.63) is 216 Å². The van der Waals surface area contributed by atoms with Gasteiger partial charge in [0.15, 0.2) is 0 Å². The minimum Gasteiger partial charge on any atom is -0.308 e. The van der Waals surface area contributed by atoms with E-state index in [1.807, 2.05) is 0 Å². The Bertz CT molecular complexity index is 3610. The van der Waals surface area contributed by atoms with Crippen LogP contribution in [0.1, 0.15) is 49.9 Å². The van der Waals surface area contributed by atoms with Crippen molar-refractivity contribution in [2.24, 2.45) is 0 Å². The molecule has 0 N–H and O–H groups in total. The van der Waals surface area contributed by atoms with E-state index in [1.165, 1.54) is 121 Å². The molecule has 9 aromatic carbocycles. The summed E-state index contributed by atoms with van der Waals surface area (Å²) in [6.07, 6.45) is 0. The average Bonchev–Trinajstić information content (AvgIpc) is 4.05. The van der Waals surface area contributed by atoms with Crippen molar-refractivity contribution in [1.29, 1.82) is 0 Å². The molecule has 62 heavy (non-hydrogen) atoms. The van der Waals surface area contributed by atoms with Crippen LogP contribution < -0.4 is 0 Å². The summed E-state index contributed by atoms with van der Waals surface area (Å²) in [5, 5.41) is 10.6. The van der Waals surface area contributed by atoms with E-state index >= 15 is 0 Å². The molecule has 4 heterocycles. The highest BCUT2D eigenvalue weighted by Gasteiger charge is 2.29. The lowest BCUT2D eigenvalue weighted by Crippen LogP contribution is -2.18. The van der Waals surface area contributed by atoms with Crippen LogP contribution in [-0.2, 0) is 10.8 Å². The van der Waals surface area contributed by atoms with Crippen molar-refractivity contribution in [2.75, 3.05) is 0 Å². The third kappa shape index (κ3) is 4.70. The molecule has 0 unspecified atom stereocenters. The summed E-state index contributed by atoms with van der Waals surface area (Å²) in [6, 6.07) is 72.5. The topological polar surface area (TPSA) is 8.82 Å². The molecule has 0 spiro atoms. The van der Waals surface area contributed by atoms with Crippen LogP contribution >= 0.6 is 0 Å². The maximum Gasteiger partial charge on any atom is 0.0634 e. The molecule has 0 radical (unpaired) electrons. The standard InChI is InChI=1S/C60H44N2/c1-59(2,41-15-7-5-8-16-41)43-29-23-37(24-30-43)39-27-33-47-51(35-39)61-49-21-13-11-19-45(49)54-56-48-34-28-40(38-25-31-44(32-26-38)60(3,4)42-17-9-6-10-18-42)36-52(48)62-50-22-14-12-20-46(50)53(58(56)62)55(47)57(54)61/h5-36H,1-4H3. The van der Waals surface area contributed by atoms with E-state index in [1.54, 1.807) is 0 Å². The molecule has 294 valence electrons. The van der Waals surface area contributed by atoms with E-state index in [9.17, 15) is 0 Å². The minimum atomic E-state index is -0.0891. The van der Waals surface area contributed by atoms with Gasteiger partial charge in [0.1, 0.15) is 0 Å². The number of rotatable bonds is 6. The zero-order chi connectivity index (χ0) is 41.5. The predicted octanol–water partition coefficient (Wildman–Crippen LogP) is 16.0. The Morgan fingerprint density at radius 1 is 0.274 bits per heavy atom. The minimum absolute atomic E-state index is 0.0891. The first-order valence-electron chi connectivity index (χ1n) is 21.9. The van der Waals surface area contributed by atoms with Crippen molar-refractivity contribution in [2.45, 2.75) is 38.5 Å². The van der Waals surface area contributed by atoms with Gasteiger partial charge in [0.05, 0.1) is 33.1 Å². The van der Waals surface area contributed by atoms with Gasteiger partial charge in [-0.05, 0) is 68.8 Å². The van der Waals surface area contributed by atoms with Crippen molar-refractivity contribution in [1.82, 2.24) is 8.80 Å². The molecule has 0 aliphatic carbocycles. The molecule has 0 amide bonds. The van der Waals surface area contributed by atoms with E-state index in [2.05, 4.69) is 231 Å². The number of para-hydroxylation sites is 2. The highest BCUT2D eigenvalue weighted by molar-refractivity contribution is 6.45. The van der Waals surface area contributed by atoms with Gasteiger partial charge in [0.2, 0.25) is 0 Å². The third-order valence-corrected chi connectivity index (χ3v) is 14.6. The van der Waals surface area contributed by atoms with Gasteiger partial charge in [-0.1, -0.05) is 198 Å². The Morgan fingerprint density at radius 3 is 0.968 bits per heavy atom. The Morgan fingerprint density at radius 2 is 0.581 bits per heavy atom. The summed E-state index contributed by atoms with van der Waals surface area (Å²) in [7, 11) is 0. The second-order valence-corrected chi connectivity index (χ2v) is 18.5. The Balaban J connectivity index is 1.03. The summed E-state index contributed by atoms with van der Waals surface area (Å²) < 4.78 is 5.14. The monoisotopic (exact) mass is 792 g/mol. The van der Waals surface area contributed by atoms with Crippen molar-refractivity contribution >= 4 is 76.2 Å². The molecule has 2 heteroatoms. The second-order valence-electron chi connectivity index (χ2n) is 18.5. The van der Waals surface area contributed by atoms with Gasteiger partial charge in [0.25, 0.3) is 0 Å². The predicted molar refractivity (Wildman–Crippen MR) is 264 cm³/mol. The quantitative estimate of drug-likeness (QED) is 0.159. The molecule has 0 saturated carbocycles. The molecule has 0 saturated heterocycles. The Labute approximate surface area is 360 Å². The summed E-state index contributed by atoms with van der Waals surface area (Å²) in [5.74, 6) is 0. The van der Waals surface area contributed by atoms with E-state index in [-0.39, 0.29) is 10.8 Å². The highest BCUT2D eigenvalue weighted by Crippen LogP contribution is 2.52.